The summed E-state index contributed by atoms with van der Waals surface area (Å²) < 4.78 is 14.1. The Balaban J connectivity index is 1.65. The zero-order valence-corrected chi connectivity index (χ0v) is 17.6. The molecule has 1 amide bonds. The number of benzene rings is 2. The molecule has 5 nitrogen and oxygen atoms in total. The van der Waals surface area contributed by atoms with E-state index in [0.717, 1.165) is 40.3 Å². The predicted molar refractivity (Wildman–Crippen MR) is 114 cm³/mol. The highest BCUT2D eigenvalue weighted by Crippen LogP contribution is 2.32. The van der Waals surface area contributed by atoms with Gasteiger partial charge in [0.25, 0.3) is 5.91 Å². The minimum Gasteiger partial charge on any atom is -0.454 e. The van der Waals surface area contributed by atoms with E-state index in [0.29, 0.717) is 5.75 Å². The number of nitrogens with zero attached hydrogens (tertiary/aromatic N) is 2. The zero-order chi connectivity index (χ0) is 19.5. The summed E-state index contributed by atoms with van der Waals surface area (Å²) in [6.45, 7) is 3.22. The van der Waals surface area contributed by atoms with Gasteiger partial charge < -0.3 is 14.0 Å². The first-order chi connectivity index (χ1) is 13.7. The number of ether oxygens (including phenoxy) is 2. The highest BCUT2D eigenvalue weighted by molar-refractivity contribution is 7.98. The van der Waals surface area contributed by atoms with E-state index in [1.54, 1.807) is 23.1 Å². The Kier molecular flexibility index (Phi) is 5.73. The molecule has 2 aromatic carbocycles. The molecule has 2 heterocycles. The van der Waals surface area contributed by atoms with Crippen LogP contribution in [0.5, 0.6) is 11.5 Å². The molecule has 1 aromatic heterocycles. The maximum atomic E-state index is 12.7. The number of rotatable bonds is 6. The first-order valence-electron chi connectivity index (χ1n) is 9.25. The Morgan fingerprint density at radius 1 is 1.18 bits per heavy atom. The van der Waals surface area contributed by atoms with Crippen molar-refractivity contribution in [2.24, 2.45) is 4.99 Å². The Labute approximate surface area is 172 Å². The average Bonchev–Trinajstić information content (AvgIpc) is 3.29. The maximum absolute atomic E-state index is 12.7. The van der Waals surface area contributed by atoms with E-state index in [1.165, 1.54) is 10.3 Å². The van der Waals surface area contributed by atoms with Gasteiger partial charge in [-0.25, -0.2) is 0 Å². The second kappa shape index (κ2) is 8.41. The van der Waals surface area contributed by atoms with Gasteiger partial charge in [-0.2, -0.15) is 16.8 Å². The lowest BCUT2D eigenvalue weighted by molar-refractivity contribution is -0.117. The molecule has 28 heavy (non-hydrogen) atoms. The first kappa shape index (κ1) is 19.1. The molecule has 7 heteroatoms. The van der Waals surface area contributed by atoms with Gasteiger partial charge in [0.2, 0.25) is 6.79 Å². The number of carbonyl (C=O) groups is 1. The molecule has 3 aromatic rings. The molecule has 0 aliphatic carbocycles. The molecule has 1 aliphatic rings. The molecule has 0 bridgehead atoms. The minimum atomic E-state index is -0.154. The van der Waals surface area contributed by atoms with Crippen LogP contribution in [-0.4, -0.2) is 29.3 Å². The second-order valence-electron chi connectivity index (χ2n) is 6.55. The monoisotopic (exact) mass is 414 g/mol. The van der Waals surface area contributed by atoms with Crippen molar-refractivity contribution >= 4 is 39.2 Å². The zero-order valence-electron chi connectivity index (χ0n) is 15.9. The van der Waals surface area contributed by atoms with Crippen LogP contribution in [-0.2, 0) is 24.2 Å². The van der Waals surface area contributed by atoms with Crippen molar-refractivity contribution in [3.63, 3.8) is 0 Å². The molecule has 0 radical (unpaired) electrons. The smallest absolute Gasteiger partial charge is 0.252 e. The molecule has 0 atom stereocenters. The summed E-state index contributed by atoms with van der Waals surface area (Å²) in [6, 6.07) is 12.1. The lowest BCUT2D eigenvalue weighted by Crippen LogP contribution is -2.18. The molecule has 0 spiro atoms. The summed E-state index contributed by atoms with van der Waals surface area (Å²) in [5.41, 5.74) is 3.32. The largest absolute Gasteiger partial charge is 0.454 e. The van der Waals surface area contributed by atoms with Crippen molar-refractivity contribution in [1.82, 2.24) is 4.57 Å². The molecular weight excluding hydrogens is 392 g/mol. The molecule has 0 N–H and O–H groups in total. The van der Waals surface area contributed by atoms with Crippen molar-refractivity contribution in [2.45, 2.75) is 26.3 Å². The number of aryl methyl sites for hydroxylation is 2. The summed E-state index contributed by atoms with van der Waals surface area (Å²) in [5, 5.41) is 0. The third-order valence-corrected chi connectivity index (χ3v) is 6.32. The molecule has 4 rings (SSSR count). The van der Waals surface area contributed by atoms with Crippen LogP contribution in [0.1, 0.15) is 18.1 Å². The first-order valence-corrected chi connectivity index (χ1v) is 11.5. The quantitative estimate of drug-likeness (QED) is 0.611. The topological polar surface area (TPSA) is 52.8 Å². The van der Waals surface area contributed by atoms with Gasteiger partial charge in [0, 0.05) is 12.3 Å². The van der Waals surface area contributed by atoms with Gasteiger partial charge in [0.1, 0.15) is 0 Å². The van der Waals surface area contributed by atoms with Crippen molar-refractivity contribution < 1.29 is 14.3 Å². The van der Waals surface area contributed by atoms with Crippen LogP contribution < -0.4 is 14.3 Å². The van der Waals surface area contributed by atoms with Crippen LogP contribution in [0.4, 0.5) is 0 Å². The molecule has 0 unspecified atom stereocenters. The fourth-order valence-electron chi connectivity index (χ4n) is 3.19. The third kappa shape index (κ3) is 3.95. The van der Waals surface area contributed by atoms with Crippen LogP contribution in [0, 0.1) is 0 Å². The molecule has 1 aliphatic heterocycles. The van der Waals surface area contributed by atoms with Crippen molar-refractivity contribution in [2.75, 3.05) is 18.8 Å². The van der Waals surface area contributed by atoms with E-state index >= 15 is 0 Å². The number of carbonyl (C=O) groups excluding carboxylic acids is 1. The van der Waals surface area contributed by atoms with Gasteiger partial charge in [-0.05, 0) is 48.1 Å². The Morgan fingerprint density at radius 2 is 2.00 bits per heavy atom. The standard InChI is InChI=1S/C21H22N2O3S2/c1-3-14-4-6-16-19(11-14)28-21(23(16)8-9-27-2)22-20(24)12-15-5-7-17-18(10-15)26-13-25-17/h4-7,10-11H,3,8-9,12-13H2,1-2H3. The van der Waals surface area contributed by atoms with Crippen LogP contribution >= 0.6 is 23.1 Å². The summed E-state index contributed by atoms with van der Waals surface area (Å²) in [7, 11) is 0. The number of fused-ring (bicyclic) bond motifs is 2. The number of amides is 1. The highest BCUT2D eigenvalue weighted by atomic mass is 32.2. The van der Waals surface area contributed by atoms with Crippen molar-refractivity contribution in [3.8, 4) is 11.5 Å². The average molecular weight is 415 g/mol. The van der Waals surface area contributed by atoms with Crippen LogP contribution in [0.15, 0.2) is 41.4 Å². The summed E-state index contributed by atoms with van der Waals surface area (Å²) in [4.78, 5) is 17.9. The van der Waals surface area contributed by atoms with E-state index in [9.17, 15) is 4.79 Å². The Morgan fingerprint density at radius 3 is 2.82 bits per heavy atom. The molecule has 0 fully saturated rings. The van der Waals surface area contributed by atoms with E-state index in [4.69, 9.17) is 9.47 Å². The van der Waals surface area contributed by atoms with Crippen molar-refractivity contribution in [3.05, 3.63) is 52.3 Å². The fourth-order valence-corrected chi connectivity index (χ4v) is 4.70. The van der Waals surface area contributed by atoms with E-state index in [-0.39, 0.29) is 19.1 Å². The van der Waals surface area contributed by atoms with Gasteiger partial charge in [-0.1, -0.05) is 30.4 Å². The van der Waals surface area contributed by atoms with Crippen LogP contribution in [0.25, 0.3) is 10.2 Å². The van der Waals surface area contributed by atoms with Gasteiger partial charge in [0.15, 0.2) is 16.3 Å². The Hall–Kier alpha value is -2.25. The minimum absolute atomic E-state index is 0.154. The van der Waals surface area contributed by atoms with Gasteiger partial charge in [-0.3, -0.25) is 4.79 Å². The van der Waals surface area contributed by atoms with Gasteiger partial charge in [0.05, 0.1) is 16.6 Å². The number of thioether (sulfide) groups is 1. The van der Waals surface area contributed by atoms with E-state index in [1.807, 2.05) is 18.2 Å². The highest BCUT2D eigenvalue weighted by Gasteiger charge is 2.15. The van der Waals surface area contributed by atoms with E-state index in [2.05, 4.69) is 40.9 Å². The van der Waals surface area contributed by atoms with E-state index < -0.39 is 0 Å². The predicted octanol–water partition coefficient (Wildman–Crippen LogP) is 4.03. The van der Waals surface area contributed by atoms with Gasteiger partial charge in [-0.15, -0.1) is 0 Å². The van der Waals surface area contributed by atoms with Gasteiger partial charge >= 0.3 is 0 Å². The normalized spacial score (nSPS) is 13.4. The lowest BCUT2D eigenvalue weighted by atomic mass is 10.1. The SMILES string of the molecule is CCc1ccc2c(c1)sc(=NC(=O)Cc1ccc3c(c1)OCO3)n2CCSC. The maximum Gasteiger partial charge on any atom is 0.252 e. The number of hydrogen-bond acceptors (Lipinski definition) is 5. The molecule has 0 saturated heterocycles. The number of aromatic nitrogens is 1. The number of hydrogen-bond donors (Lipinski definition) is 0. The van der Waals surface area contributed by atoms with Crippen LogP contribution in [0.3, 0.4) is 0 Å². The van der Waals surface area contributed by atoms with Crippen LogP contribution in [0.2, 0.25) is 0 Å². The molecular formula is C21H22N2O3S2. The summed E-state index contributed by atoms with van der Waals surface area (Å²) >= 11 is 3.37. The summed E-state index contributed by atoms with van der Waals surface area (Å²) in [6.07, 6.45) is 3.33. The lowest BCUT2D eigenvalue weighted by Gasteiger charge is -2.04. The molecule has 0 saturated carbocycles. The Bertz CT molecular complexity index is 1080. The number of thiazole rings is 1. The third-order valence-electron chi connectivity index (χ3n) is 4.69. The van der Waals surface area contributed by atoms with Crippen molar-refractivity contribution in [1.29, 1.82) is 0 Å². The summed E-state index contributed by atoms with van der Waals surface area (Å²) in [5.74, 6) is 2.23. The molecule has 146 valence electrons. The fraction of sp³-hybridized carbons (Fsp3) is 0.333. The second-order valence-corrected chi connectivity index (χ2v) is 8.55.